The Balaban J connectivity index is 1.66. The van der Waals surface area contributed by atoms with Crippen LogP contribution in [0.4, 0.5) is 5.69 Å². The lowest BCUT2D eigenvalue weighted by Gasteiger charge is -2.19. The molecule has 0 aliphatic heterocycles. The topological polar surface area (TPSA) is 273 Å². The highest BCUT2D eigenvalue weighted by Gasteiger charge is 2.26. The minimum Gasteiger partial charge on any atom is -0.507 e. The Labute approximate surface area is 302 Å². The van der Waals surface area contributed by atoms with E-state index in [2.05, 4.69) is 5.32 Å². The van der Waals surface area contributed by atoms with Gasteiger partial charge in [0, 0.05) is 81.4 Å². The van der Waals surface area contributed by atoms with Crippen LogP contribution in [-0.4, -0.2) is 65.2 Å². The Hall–Kier alpha value is -5.50. The molecule has 0 fully saturated rings. The lowest BCUT2D eigenvalue weighted by Crippen LogP contribution is -2.12. The molecule has 1 amide bonds. The van der Waals surface area contributed by atoms with Crippen LogP contribution in [0.15, 0.2) is 93.5 Å². The quantitative estimate of drug-likeness (QED) is 0.0901. The molecule has 0 aromatic heterocycles. The molecule has 15 nitrogen and oxygen atoms in total. The van der Waals surface area contributed by atoms with Crippen molar-refractivity contribution in [2.45, 2.75) is 40.4 Å². The zero-order valence-corrected chi connectivity index (χ0v) is 29.5. The van der Waals surface area contributed by atoms with Crippen LogP contribution in [0.2, 0.25) is 0 Å². The van der Waals surface area contributed by atoms with Gasteiger partial charge in [0.15, 0.2) is 0 Å². The average molecular weight is 784 g/mol. The summed E-state index contributed by atoms with van der Waals surface area (Å²) in [5.41, 5.74) is -1.23. The van der Waals surface area contributed by atoms with E-state index < -0.39 is 99.6 Å². The second kappa shape index (κ2) is 13.5. The molecule has 6 rings (SSSR count). The van der Waals surface area contributed by atoms with Gasteiger partial charge in [0.2, 0.25) is 0 Å². The van der Waals surface area contributed by atoms with E-state index in [1.807, 2.05) is 0 Å². The number of carbonyl (C=O) groups excluding carboxylic acids is 1. The SMILES string of the molecule is O=C(Nc1cc2c(O)c(c1)Cc1cc(S(=O)(=O)O)cc(c1O)Cc1cc(S(=O)(=O)O)cc(c1O)Cc1cc(S(=O)(=O)O)cc(c1O)C2)c1ccccc1. The van der Waals surface area contributed by atoms with E-state index >= 15 is 0 Å². The van der Waals surface area contributed by atoms with E-state index in [4.69, 9.17) is 0 Å². The van der Waals surface area contributed by atoms with E-state index in [0.717, 1.165) is 36.4 Å². The first kappa shape index (κ1) is 37.3. The first-order valence-electron chi connectivity index (χ1n) is 15.4. The number of rotatable bonds is 5. The third kappa shape index (κ3) is 7.82. The molecule has 1 aliphatic carbocycles. The van der Waals surface area contributed by atoms with Crippen LogP contribution >= 0.6 is 0 Å². The number of phenolic OH excluding ortho intramolecular Hbond substituents is 4. The van der Waals surface area contributed by atoms with E-state index in [9.17, 15) is 64.1 Å². The van der Waals surface area contributed by atoms with Crippen molar-refractivity contribution in [1.29, 1.82) is 0 Å². The predicted molar refractivity (Wildman–Crippen MR) is 187 cm³/mol. The first-order valence-corrected chi connectivity index (χ1v) is 19.7. The Morgan fingerprint density at radius 2 is 0.717 bits per heavy atom. The smallest absolute Gasteiger partial charge is 0.294 e. The Morgan fingerprint density at radius 3 is 0.981 bits per heavy atom. The van der Waals surface area contributed by atoms with Gasteiger partial charge in [0.05, 0.1) is 14.7 Å². The minimum absolute atomic E-state index is 0.0316. The number of aromatic hydroxyl groups is 4. The predicted octanol–water partition coefficient (Wildman–Crippen LogP) is 4.18. The zero-order chi connectivity index (χ0) is 38.6. The number of phenols is 4. The summed E-state index contributed by atoms with van der Waals surface area (Å²) in [6, 6.07) is 15.9. The van der Waals surface area contributed by atoms with E-state index in [1.165, 1.54) is 24.3 Å². The Morgan fingerprint density at radius 1 is 0.453 bits per heavy atom. The Bertz CT molecular complexity index is 2540. The maximum absolute atomic E-state index is 13.1. The second-order valence-electron chi connectivity index (χ2n) is 12.4. The van der Waals surface area contributed by atoms with Crippen molar-refractivity contribution in [1.82, 2.24) is 0 Å². The highest BCUT2D eigenvalue weighted by molar-refractivity contribution is 7.86. The number of anilines is 1. The van der Waals surface area contributed by atoms with E-state index in [-0.39, 0.29) is 55.8 Å². The van der Waals surface area contributed by atoms with Crippen LogP contribution in [0, 0.1) is 0 Å². The van der Waals surface area contributed by atoms with Crippen LogP contribution in [0.5, 0.6) is 23.0 Å². The van der Waals surface area contributed by atoms with Gasteiger partial charge in [-0.05, 0) is 60.7 Å². The van der Waals surface area contributed by atoms with Crippen molar-refractivity contribution in [2.75, 3.05) is 5.32 Å². The van der Waals surface area contributed by atoms with Gasteiger partial charge in [0.1, 0.15) is 23.0 Å². The number of benzene rings is 5. The fraction of sp³-hybridized carbons (Fsp3) is 0.114. The van der Waals surface area contributed by atoms with Gasteiger partial charge in [-0.25, -0.2) is 0 Å². The molecule has 5 aromatic rings. The molecule has 276 valence electrons. The maximum Gasteiger partial charge on any atom is 0.294 e. The number of carbonyl (C=O) groups is 1. The van der Waals surface area contributed by atoms with Gasteiger partial charge < -0.3 is 25.7 Å². The van der Waals surface area contributed by atoms with Crippen molar-refractivity contribution in [2.24, 2.45) is 0 Å². The summed E-state index contributed by atoms with van der Waals surface area (Å²) in [7, 11) is -14.9. The summed E-state index contributed by atoms with van der Waals surface area (Å²) in [4.78, 5) is 11.0. The van der Waals surface area contributed by atoms with Gasteiger partial charge in [-0.1, -0.05) is 18.2 Å². The molecule has 0 radical (unpaired) electrons. The monoisotopic (exact) mass is 783 g/mol. The van der Waals surface area contributed by atoms with Crippen molar-refractivity contribution >= 4 is 41.9 Å². The summed E-state index contributed by atoms with van der Waals surface area (Å²) in [6.07, 6.45) is -2.17. The Kier molecular flexibility index (Phi) is 9.48. The number of hydrogen-bond donors (Lipinski definition) is 8. The molecule has 0 spiro atoms. The van der Waals surface area contributed by atoms with Gasteiger partial charge in [-0.2, -0.15) is 25.3 Å². The van der Waals surface area contributed by atoms with Crippen molar-refractivity contribution in [3.05, 3.63) is 129 Å². The molecule has 53 heavy (non-hydrogen) atoms. The third-order valence-corrected chi connectivity index (χ3v) is 11.2. The normalized spacial score (nSPS) is 13.3. The zero-order valence-electron chi connectivity index (χ0n) is 27.0. The molecular formula is C35H29NO14S3. The highest BCUT2D eigenvalue weighted by atomic mass is 32.2. The summed E-state index contributed by atoms with van der Waals surface area (Å²) in [5, 5.41) is 48.5. The van der Waals surface area contributed by atoms with Crippen molar-refractivity contribution in [3.63, 3.8) is 0 Å². The van der Waals surface area contributed by atoms with Gasteiger partial charge in [-0.3, -0.25) is 18.5 Å². The summed E-state index contributed by atoms with van der Waals surface area (Å²) >= 11 is 0. The van der Waals surface area contributed by atoms with Crippen molar-refractivity contribution < 1.29 is 64.1 Å². The highest BCUT2D eigenvalue weighted by Crippen LogP contribution is 2.41. The second-order valence-corrected chi connectivity index (χ2v) is 16.6. The fourth-order valence-corrected chi connectivity index (χ4v) is 7.90. The standard InChI is InChI=1S/C35H29NO14S3/c37-31-19-6-21-12-28(51(42,43)44)14-23(32(21)38)8-25-16-30(53(48,49)50)17-26(34(25)40)9-24-15-29(52(45,46)47)13-22(33(24)39)7-20(31)11-27(10-19)36-35(41)18-4-2-1-3-5-18/h1-5,10-17,37-40H,6-9H2,(H,36,41)(H,42,43,44)(H,45,46,47)(H,48,49,50). The average Bonchev–Trinajstić information content (AvgIpc) is 3.06. The van der Waals surface area contributed by atoms with Gasteiger partial charge >= 0.3 is 0 Å². The van der Waals surface area contributed by atoms with Crippen LogP contribution in [0.1, 0.15) is 54.9 Å². The van der Waals surface area contributed by atoms with Crippen LogP contribution in [0.25, 0.3) is 0 Å². The molecular weight excluding hydrogens is 755 g/mol. The summed E-state index contributed by atoms with van der Waals surface area (Å²) in [5.74, 6) is -2.86. The summed E-state index contributed by atoms with van der Waals surface area (Å²) < 4.78 is 104. The minimum atomic E-state index is -4.99. The van der Waals surface area contributed by atoms with Crippen LogP contribution < -0.4 is 5.32 Å². The molecule has 18 heteroatoms. The number of hydrogen-bond acceptors (Lipinski definition) is 11. The van der Waals surface area contributed by atoms with E-state index in [1.54, 1.807) is 18.2 Å². The van der Waals surface area contributed by atoms with Gasteiger partial charge in [0.25, 0.3) is 36.3 Å². The number of fused-ring (bicyclic) bond motifs is 8. The molecule has 8 N–H and O–H groups in total. The fourth-order valence-electron chi connectivity index (χ4n) is 6.15. The first-order chi connectivity index (χ1) is 24.7. The lowest BCUT2D eigenvalue weighted by atomic mass is 9.91. The molecule has 0 saturated heterocycles. The molecule has 8 bridgehead atoms. The van der Waals surface area contributed by atoms with Crippen LogP contribution in [-0.2, 0) is 56.0 Å². The molecule has 5 aromatic carbocycles. The molecule has 0 saturated carbocycles. The van der Waals surface area contributed by atoms with E-state index in [0.29, 0.717) is 0 Å². The summed E-state index contributed by atoms with van der Waals surface area (Å²) in [6.45, 7) is 0. The van der Waals surface area contributed by atoms with Crippen LogP contribution in [0.3, 0.4) is 0 Å². The maximum atomic E-state index is 13.1. The number of amides is 1. The van der Waals surface area contributed by atoms with Gasteiger partial charge in [-0.15, -0.1) is 0 Å². The largest absolute Gasteiger partial charge is 0.507 e. The number of nitrogens with one attached hydrogen (secondary N) is 1. The lowest BCUT2D eigenvalue weighted by molar-refractivity contribution is 0.102. The molecule has 0 heterocycles. The molecule has 0 unspecified atom stereocenters. The molecule has 1 aliphatic rings. The molecule has 0 atom stereocenters. The van der Waals surface area contributed by atoms with Crippen molar-refractivity contribution in [3.8, 4) is 23.0 Å². The third-order valence-electron chi connectivity index (χ3n) is 8.70.